The van der Waals surface area contributed by atoms with Gasteiger partial charge in [0.25, 0.3) is 0 Å². The van der Waals surface area contributed by atoms with Crippen molar-refractivity contribution in [3.8, 4) is 6.07 Å². The molecule has 4 heteroatoms. The van der Waals surface area contributed by atoms with Gasteiger partial charge in [0.2, 0.25) is 0 Å². The minimum absolute atomic E-state index is 0.0690. The molecule has 0 aromatic heterocycles. The highest BCUT2D eigenvalue weighted by Crippen LogP contribution is 2.30. The minimum atomic E-state index is -0.0690. The van der Waals surface area contributed by atoms with E-state index in [2.05, 4.69) is 58.4 Å². The van der Waals surface area contributed by atoms with Gasteiger partial charge in [0.15, 0.2) is 0 Å². The summed E-state index contributed by atoms with van der Waals surface area (Å²) in [5, 5.41) is 9.33. The molecule has 0 amide bonds. The number of ether oxygens (including phenoxy) is 1. The van der Waals surface area contributed by atoms with Crippen molar-refractivity contribution in [1.82, 2.24) is 9.80 Å². The Balaban J connectivity index is 1.34. The van der Waals surface area contributed by atoms with E-state index in [4.69, 9.17) is 4.74 Å². The molecular weight excluding hydrogens is 346 g/mol. The third-order valence-corrected chi connectivity index (χ3v) is 5.73. The molecule has 2 fully saturated rings. The minimum Gasteiger partial charge on any atom is -0.371 e. The van der Waals surface area contributed by atoms with Crippen LogP contribution in [0.2, 0.25) is 0 Å². The Labute approximate surface area is 167 Å². The summed E-state index contributed by atoms with van der Waals surface area (Å²) in [6.45, 7) is 6.49. The fourth-order valence-electron chi connectivity index (χ4n) is 4.30. The number of hydrogen-bond donors (Lipinski definition) is 0. The molecule has 0 saturated carbocycles. The summed E-state index contributed by atoms with van der Waals surface area (Å²) in [6, 6.07) is 20.7. The summed E-state index contributed by atoms with van der Waals surface area (Å²) in [6.07, 6.45) is 5.51. The zero-order valence-corrected chi connectivity index (χ0v) is 16.3. The van der Waals surface area contributed by atoms with Crippen LogP contribution in [-0.2, 0) is 11.3 Å². The summed E-state index contributed by atoms with van der Waals surface area (Å²) in [4.78, 5) is 4.93. The van der Waals surface area contributed by atoms with Crippen molar-refractivity contribution in [2.45, 2.75) is 18.6 Å². The van der Waals surface area contributed by atoms with E-state index in [0.29, 0.717) is 0 Å². The highest BCUT2D eigenvalue weighted by Gasteiger charge is 2.42. The summed E-state index contributed by atoms with van der Waals surface area (Å²) >= 11 is 0. The first-order valence-electron chi connectivity index (χ1n) is 10.0. The Morgan fingerprint density at radius 3 is 2.64 bits per heavy atom. The molecule has 1 unspecified atom stereocenters. The van der Waals surface area contributed by atoms with Crippen molar-refractivity contribution in [2.24, 2.45) is 0 Å². The molecular formula is C24H27N3O. The normalized spacial score (nSPS) is 23.4. The third kappa shape index (κ3) is 4.51. The summed E-state index contributed by atoms with van der Waals surface area (Å²) < 4.78 is 6.27. The highest BCUT2D eigenvalue weighted by atomic mass is 16.5. The average molecular weight is 374 g/mol. The maximum atomic E-state index is 9.33. The van der Waals surface area contributed by atoms with E-state index in [0.717, 1.165) is 63.4 Å². The van der Waals surface area contributed by atoms with Gasteiger partial charge in [-0.2, -0.15) is 5.26 Å². The lowest BCUT2D eigenvalue weighted by Crippen LogP contribution is -2.53. The van der Waals surface area contributed by atoms with Gasteiger partial charge in [-0.3, -0.25) is 9.80 Å². The lowest BCUT2D eigenvalue weighted by Gasteiger charge is -2.40. The quantitative estimate of drug-likeness (QED) is 0.804. The molecule has 0 bridgehead atoms. The molecule has 2 aromatic carbocycles. The maximum absolute atomic E-state index is 9.33. The van der Waals surface area contributed by atoms with Gasteiger partial charge in [0.1, 0.15) is 0 Å². The van der Waals surface area contributed by atoms with Crippen LogP contribution in [0.5, 0.6) is 0 Å². The second-order valence-corrected chi connectivity index (χ2v) is 7.81. The number of benzene rings is 2. The molecule has 0 N–H and O–H groups in total. The van der Waals surface area contributed by atoms with Crippen LogP contribution in [-0.4, -0.2) is 54.7 Å². The summed E-state index contributed by atoms with van der Waals surface area (Å²) in [7, 11) is 0. The van der Waals surface area contributed by atoms with Crippen LogP contribution in [0.15, 0.2) is 60.7 Å². The fraction of sp³-hybridized carbons (Fsp3) is 0.375. The SMILES string of the molecule is N#Cc1ccccc1CN1CCC2(CN(C/C=C/c3ccccc3)CCO2)C1. The number of hydrogen-bond acceptors (Lipinski definition) is 4. The first-order valence-corrected chi connectivity index (χ1v) is 10.0. The van der Waals surface area contributed by atoms with Crippen molar-refractivity contribution >= 4 is 6.08 Å². The number of nitriles is 1. The van der Waals surface area contributed by atoms with Gasteiger partial charge >= 0.3 is 0 Å². The third-order valence-electron chi connectivity index (χ3n) is 5.73. The molecule has 2 aliphatic heterocycles. The zero-order chi connectivity index (χ0) is 19.2. The number of nitrogens with zero attached hydrogens (tertiary/aromatic N) is 3. The van der Waals surface area contributed by atoms with Gasteiger partial charge in [-0.1, -0.05) is 60.7 Å². The van der Waals surface area contributed by atoms with E-state index in [9.17, 15) is 5.26 Å². The van der Waals surface area contributed by atoms with Gasteiger partial charge in [0.05, 0.1) is 23.8 Å². The molecule has 4 nitrogen and oxygen atoms in total. The Morgan fingerprint density at radius 2 is 1.79 bits per heavy atom. The van der Waals surface area contributed by atoms with E-state index < -0.39 is 0 Å². The Hall–Kier alpha value is -2.45. The molecule has 2 heterocycles. The largest absolute Gasteiger partial charge is 0.371 e. The standard InChI is InChI=1S/C24H27N3O/c25-17-22-10-4-5-11-23(22)18-27-14-12-24(20-27)19-26(15-16-28-24)13-6-9-21-7-2-1-3-8-21/h1-11H,12-16,18-20H2/b9-6+. The average Bonchev–Trinajstić information content (AvgIpc) is 3.11. The van der Waals surface area contributed by atoms with Gasteiger partial charge in [-0.15, -0.1) is 0 Å². The molecule has 28 heavy (non-hydrogen) atoms. The van der Waals surface area contributed by atoms with Crippen LogP contribution in [0.3, 0.4) is 0 Å². The monoisotopic (exact) mass is 373 g/mol. The molecule has 144 valence electrons. The maximum Gasteiger partial charge on any atom is 0.0995 e. The molecule has 2 aliphatic rings. The molecule has 0 radical (unpaired) electrons. The lowest BCUT2D eigenvalue weighted by molar-refractivity contribution is -0.0986. The van der Waals surface area contributed by atoms with Crippen LogP contribution in [0.4, 0.5) is 0 Å². The van der Waals surface area contributed by atoms with Crippen molar-refractivity contribution in [3.05, 3.63) is 77.4 Å². The predicted octanol–water partition coefficient (Wildman–Crippen LogP) is 3.55. The number of rotatable bonds is 5. The van der Waals surface area contributed by atoms with E-state index in [1.165, 1.54) is 5.56 Å². The first kappa shape index (κ1) is 18.9. The Morgan fingerprint density at radius 1 is 1.00 bits per heavy atom. The van der Waals surface area contributed by atoms with E-state index in [-0.39, 0.29) is 5.60 Å². The van der Waals surface area contributed by atoms with Gasteiger partial charge in [0, 0.05) is 39.3 Å². The van der Waals surface area contributed by atoms with E-state index in [1.54, 1.807) is 0 Å². The zero-order valence-electron chi connectivity index (χ0n) is 16.3. The molecule has 0 aliphatic carbocycles. The summed E-state index contributed by atoms with van der Waals surface area (Å²) in [5.41, 5.74) is 3.07. The number of morpholine rings is 1. The topological polar surface area (TPSA) is 39.5 Å². The molecule has 1 spiro atoms. The van der Waals surface area contributed by atoms with Crippen LogP contribution in [0.25, 0.3) is 6.08 Å². The van der Waals surface area contributed by atoms with Crippen LogP contribution in [0, 0.1) is 11.3 Å². The van der Waals surface area contributed by atoms with Crippen LogP contribution >= 0.6 is 0 Å². The van der Waals surface area contributed by atoms with E-state index >= 15 is 0 Å². The van der Waals surface area contributed by atoms with Crippen molar-refractivity contribution in [1.29, 1.82) is 5.26 Å². The van der Waals surface area contributed by atoms with Gasteiger partial charge in [-0.05, 0) is 23.6 Å². The van der Waals surface area contributed by atoms with Gasteiger partial charge < -0.3 is 4.74 Å². The molecule has 2 saturated heterocycles. The van der Waals surface area contributed by atoms with Crippen LogP contribution < -0.4 is 0 Å². The van der Waals surface area contributed by atoms with Crippen LogP contribution in [0.1, 0.15) is 23.1 Å². The smallest absolute Gasteiger partial charge is 0.0995 e. The highest BCUT2D eigenvalue weighted by molar-refractivity contribution is 5.48. The van der Waals surface area contributed by atoms with Crippen molar-refractivity contribution in [3.63, 3.8) is 0 Å². The van der Waals surface area contributed by atoms with Crippen molar-refractivity contribution in [2.75, 3.05) is 39.3 Å². The Kier molecular flexibility index (Phi) is 5.87. The first-order chi connectivity index (χ1) is 13.8. The second kappa shape index (κ2) is 8.70. The fourth-order valence-corrected chi connectivity index (χ4v) is 4.30. The Bertz CT molecular complexity index is 858. The second-order valence-electron chi connectivity index (χ2n) is 7.81. The van der Waals surface area contributed by atoms with Gasteiger partial charge in [-0.25, -0.2) is 0 Å². The van der Waals surface area contributed by atoms with Crippen molar-refractivity contribution < 1.29 is 4.74 Å². The molecule has 1 atom stereocenters. The summed E-state index contributed by atoms with van der Waals surface area (Å²) in [5.74, 6) is 0. The lowest BCUT2D eigenvalue weighted by atomic mass is 10.0. The molecule has 2 aromatic rings. The predicted molar refractivity (Wildman–Crippen MR) is 112 cm³/mol. The van der Waals surface area contributed by atoms with E-state index in [1.807, 2.05) is 24.3 Å². The molecule has 4 rings (SSSR count). The number of likely N-dealkylation sites (tertiary alicyclic amines) is 1.